The van der Waals surface area contributed by atoms with Crippen molar-refractivity contribution in [2.45, 2.75) is 70.4 Å². The molecule has 100 valence electrons. The Labute approximate surface area is 106 Å². The van der Waals surface area contributed by atoms with Crippen molar-refractivity contribution in [2.75, 3.05) is 13.6 Å². The third-order valence-electron chi connectivity index (χ3n) is 5.42. The molecule has 0 bridgehead atoms. The van der Waals surface area contributed by atoms with E-state index in [2.05, 4.69) is 25.8 Å². The number of rotatable bonds is 2. The summed E-state index contributed by atoms with van der Waals surface area (Å²) < 4.78 is 0. The maximum atomic E-state index is 11.0. The number of nitrogens with zero attached hydrogens (tertiary/aromatic N) is 1. The molecule has 4 unspecified atom stereocenters. The molecule has 2 nitrogen and oxygen atoms in total. The molecule has 2 aliphatic rings. The lowest BCUT2D eigenvalue weighted by atomic mass is 9.68. The number of piperidine rings is 1. The van der Waals surface area contributed by atoms with E-state index >= 15 is 0 Å². The second kappa shape index (κ2) is 5.27. The molecule has 2 heteroatoms. The van der Waals surface area contributed by atoms with Crippen molar-refractivity contribution in [3.63, 3.8) is 0 Å². The first-order valence-corrected chi connectivity index (χ1v) is 7.47. The molecule has 0 amide bonds. The zero-order valence-electron chi connectivity index (χ0n) is 11.8. The third-order valence-corrected chi connectivity index (χ3v) is 5.42. The highest BCUT2D eigenvalue weighted by Crippen LogP contribution is 2.42. The average Bonchev–Trinajstić information content (AvgIpc) is 2.34. The smallest absolute Gasteiger partial charge is 0.0702 e. The van der Waals surface area contributed by atoms with E-state index in [0.29, 0.717) is 12.0 Å². The number of likely N-dealkylation sites (tertiary alicyclic amines) is 1. The molecular weight excluding hydrogens is 210 g/mol. The van der Waals surface area contributed by atoms with Gasteiger partial charge in [-0.1, -0.05) is 26.2 Å². The highest BCUT2D eigenvalue weighted by Gasteiger charge is 2.42. The zero-order valence-corrected chi connectivity index (χ0v) is 11.8. The Morgan fingerprint density at radius 3 is 2.76 bits per heavy atom. The maximum absolute atomic E-state index is 11.0. The molecule has 0 aromatic heterocycles. The topological polar surface area (TPSA) is 23.5 Å². The molecule has 1 heterocycles. The second-order valence-electron chi connectivity index (χ2n) is 6.53. The van der Waals surface area contributed by atoms with E-state index in [0.717, 1.165) is 25.3 Å². The van der Waals surface area contributed by atoms with Gasteiger partial charge in [-0.05, 0) is 51.5 Å². The van der Waals surface area contributed by atoms with Crippen LogP contribution in [0.4, 0.5) is 0 Å². The summed E-state index contributed by atoms with van der Waals surface area (Å²) >= 11 is 0. The molecular formula is C15H29NO. The van der Waals surface area contributed by atoms with Crippen LogP contribution in [0.2, 0.25) is 0 Å². The summed E-state index contributed by atoms with van der Waals surface area (Å²) in [5, 5.41) is 11.0. The predicted octanol–water partition coefficient (Wildman–Crippen LogP) is 3.05. The Morgan fingerprint density at radius 2 is 2.12 bits per heavy atom. The van der Waals surface area contributed by atoms with Gasteiger partial charge < -0.3 is 10.0 Å². The summed E-state index contributed by atoms with van der Waals surface area (Å²) in [5.74, 6) is 1.44. The van der Waals surface area contributed by atoms with Crippen LogP contribution >= 0.6 is 0 Å². The van der Waals surface area contributed by atoms with Crippen LogP contribution in [0.15, 0.2) is 0 Å². The fraction of sp³-hybridized carbons (Fsp3) is 1.00. The summed E-state index contributed by atoms with van der Waals surface area (Å²) in [7, 11) is 2.18. The minimum Gasteiger partial charge on any atom is -0.389 e. The van der Waals surface area contributed by atoms with Gasteiger partial charge >= 0.3 is 0 Å². The SMILES string of the molecule is CCC1CCCC(C2(O)CCN(C)C(C)C2)C1. The standard InChI is InChI=1S/C15H29NO/c1-4-13-6-5-7-14(10-13)15(17)8-9-16(3)12(2)11-15/h12-14,17H,4-11H2,1-3H3. The maximum Gasteiger partial charge on any atom is 0.0702 e. The summed E-state index contributed by atoms with van der Waals surface area (Å²) in [6.45, 7) is 5.61. The van der Waals surface area contributed by atoms with Crippen LogP contribution in [0.3, 0.4) is 0 Å². The van der Waals surface area contributed by atoms with E-state index < -0.39 is 0 Å². The van der Waals surface area contributed by atoms with Gasteiger partial charge in [0.2, 0.25) is 0 Å². The first-order chi connectivity index (χ1) is 8.05. The van der Waals surface area contributed by atoms with Crippen LogP contribution in [0.1, 0.15) is 58.8 Å². The summed E-state index contributed by atoms with van der Waals surface area (Å²) in [6.07, 6.45) is 8.49. The van der Waals surface area contributed by atoms with E-state index in [9.17, 15) is 5.11 Å². The second-order valence-corrected chi connectivity index (χ2v) is 6.53. The van der Waals surface area contributed by atoms with Crippen LogP contribution < -0.4 is 0 Å². The van der Waals surface area contributed by atoms with E-state index in [-0.39, 0.29) is 5.60 Å². The van der Waals surface area contributed by atoms with E-state index in [1.165, 1.54) is 32.1 Å². The molecule has 1 aliphatic heterocycles. The molecule has 4 atom stereocenters. The van der Waals surface area contributed by atoms with Crippen LogP contribution in [0.5, 0.6) is 0 Å². The molecule has 0 aromatic rings. The molecule has 17 heavy (non-hydrogen) atoms. The van der Waals surface area contributed by atoms with Gasteiger partial charge in [-0.15, -0.1) is 0 Å². The first-order valence-electron chi connectivity index (χ1n) is 7.47. The predicted molar refractivity (Wildman–Crippen MR) is 72.0 cm³/mol. The lowest BCUT2D eigenvalue weighted by Crippen LogP contribution is -2.52. The molecule has 1 N–H and O–H groups in total. The monoisotopic (exact) mass is 239 g/mol. The Hall–Kier alpha value is -0.0800. The molecule has 0 radical (unpaired) electrons. The van der Waals surface area contributed by atoms with Gasteiger partial charge in [0.15, 0.2) is 0 Å². The van der Waals surface area contributed by atoms with Crippen LogP contribution in [0, 0.1) is 11.8 Å². The lowest BCUT2D eigenvalue weighted by molar-refractivity contribution is -0.0940. The van der Waals surface area contributed by atoms with Crippen molar-refractivity contribution in [2.24, 2.45) is 11.8 Å². The summed E-state index contributed by atoms with van der Waals surface area (Å²) in [4.78, 5) is 2.38. The Bertz CT molecular complexity index is 255. The highest BCUT2D eigenvalue weighted by molar-refractivity contribution is 4.96. The van der Waals surface area contributed by atoms with Crippen molar-refractivity contribution in [1.29, 1.82) is 0 Å². The van der Waals surface area contributed by atoms with Gasteiger partial charge in [0.05, 0.1) is 5.60 Å². The fourth-order valence-electron chi connectivity index (χ4n) is 3.88. The van der Waals surface area contributed by atoms with Gasteiger partial charge in [0.1, 0.15) is 0 Å². The van der Waals surface area contributed by atoms with Crippen molar-refractivity contribution in [1.82, 2.24) is 4.90 Å². The quantitative estimate of drug-likeness (QED) is 0.800. The Morgan fingerprint density at radius 1 is 1.35 bits per heavy atom. The van der Waals surface area contributed by atoms with Gasteiger partial charge in [0, 0.05) is 12.6 Å². The zero-order chi connectivity index (χ0) is 12.5. The van der Waals surface area contributed by atoms with E-state index in [1.54, 1.807) is 0 Å². The van der Waals surface area contributed by atoms with Crippen molar-refractivity contribution in [3.8, 4) is 0 Å². The van der Waals surface area contributed by atoms with Gasteiger partial charge in [-0.2, -0.15) is 0 Å². The van der Waals surface area contributed by atoms with Gasteiger partial charge in [-0.25, -0.2) is 0 Å². The van der Waals surface area contributed by atoms with Crippen molar-refractivity contribution >= 4 is 0 Å². The van der Waals surface area contributed by atoms with Crippen LogP contribution in [-0.4, -0.2) is 35.2 Å². The van der Waals surface area contributed by atoms with E-state index in [1.807, 2.05) is 0 Å². The number of hydrogen-bond donors (Lipinski definition) is 1. The number of hydrogen-bond acceptors (Lipinski definition) is 2. The third kappa shape index (κ3) is 2.85. The molecule has 2 fully saturated rings. The Kier molecular flexibility index (Phi) is 4.14. The van der Waals surface area contributed by atoms with Crippen molar-refractivity contribution < 1.29 is 5.11 Å². The summed E-state index contributed by atoms with van der Waals surface area (Å²) in [6, 6.07) is 0.538. The molecule has 1 aliphatic carbocycles. The van der Waals surface area contributed by atoms with Gasteiger partial charge in [-0.3, -0.25) is 0 Å². The van der Waals surface area contributed by atoms with Crippen LogP contribution in [-0.2, 0) is 0 Å². The molecule has 2 rings (SSSR count). The molecule has 1 saturated carbocycles. The minimum atomic E-state index is -0.361. The number of aliphatic hydroxyl groups is 1. The average molecular weight is 239 g/mol. The molecule has 0 spiro atoms. The summed E-state index contributed by atoms with van der Waals surface area (Å²) in [5.41, 5.74) is -0.361. The van der Waals surface area contributed by atoms with Gasteiger partial charge in [0.25, 0.3) is 0 Å². The van der Waals surface area contributed by atoms with Crippen molar-refractivity contribution in [3.05, 3.63) is 0 Å². The lowest BCUT2D eigenvalue weighted by Gasteiger charge is -2.47. The Balaban J connectivity index is 2.00. The minimum absolute atomic E-state index is 0.361. The first kappa shape index (κ1) is 13.4. The molecule has 1 saturated heterocycles. The normalized spacial score (nSPS) is 44.8. The largest absolute Gasteiger partial charge is 0.389 e. The fourth-order valence-corrected chi connectivity index (χ4v) is 3.88. The highest BCUT2D eigenvalue weighted by atomic mass is 16.3. The van der Waals surface area contributed by atoms with E-state index in [4.69, 9.17) is 0 Å². The van der Waals surface area contributed by atoms with Crippen LogP contribution in [0.25, 0.3) is 0 Å². The molecule has 0 aromatic carbocycles.